The number of aromatic nitrogens is 3. The summed E-state index contributed by atoms with van der Waals surface area (Å²) in [6.07, 6.45) is 0.563. The third-order valence-electron chi connectivity index (χ3n) is 4.88. The molecule has 9 nitrogen and oxygen atoms in total. The summed E-state index contributed by atoms with van der Waals surface area (Å²) in [5.74, 6) is -0.234. The fraction of sp³-hybridized carbons (Fsp3) is 0.421. The summed E-state index contributed by atoms with van der Waals surface area (Å²) in [6, 6.07) is 7.23. The van der Waals surface area contributed by atoms with E-state index in [1.54, 1.807) is 43.4 Å². The van der Waals surface area contributed by atoms with Gasteiger partial charge in [-0.1, -0.05) is 23.9 Å². The second-order valence-electron chi connectivity index (χ2n) is 7.39. The van der Waals surface area contributed by atoms with Crippen LogP contribution in [0.3, 0.4) is 0 Å². The highest BCUT2D eigenvalue weighted by atomic mass is 32.2. The molecule has 1 atom stereocenters. The highest BCUT2D eigenvalue weighted by Gasteiger charge is 2.44. The van der Waals surface area contributed by atoms with Crippen molar-refractivity contribution in [2.24, 2.45) is 12.8 Å². The van der Waals surface area contributed by atoms with Crippen molar-refractivity contribution >= 4 is 40.9 Å². The molecule has 0 bridgehead atoms. The van der Waals surface area contributed by atoms with Crippen LogP contribution >= 0.6 is 11.8 Å². The molecule has 1 aromatic heterocycles. The SMILES string of the molecule is C[C@@H](Sc1nnc(CCC(N)=O)n1C)C(=O)N1c2ccccc2NC(=O)C1(C)C. The van der Waals surface area contributed by atoms with Gasteiger partial charge in [-0.05, 0) is 32.9 Å². The third kappa shape index (κ3) is 3.98. The Hall–Kier alpha value is -2.88. The molecule has 3 rings (SSSR count). The summed E-state index contributed by atoms with van der Waals surface area (Å²) in [5, 5.41) is 11.1. The number of para-hydroxylation sites is 2. The van der Waals surface area contributed by atoms with Crippen LogP contribution in [0.1, 0.15) is 33.0 Å². The summed E-state index contributed by atoms with van der Waals surface area (Å²) in [4.78, 5) is 38.5. The third-order valence-corrected chi connectivity index (χ3v) is 6.00. The first-order chi connectivity index (χ1) is 13.6. The number of fused-ring (bicyclic) bond motifs is 1. The van der Waals surface area contributed by atoms with Gasteiger partial charge in [-0.3, -0.25) is 19.3 Å². The number of hydrogen-bond donors (Lipinski definition) is 2. The van der Waals surface area contributed by atoms with Crippen molar-refractivity contribution in [3.8, 4) is 0 Å². The van der Waals surface area contributed by atoms with Crippen molar-refractivity contribution in [3.05, 3.63) is 30.1 Å². The molecule has 0 fully saturated rings. The topological polar surface area (TPSA) is 123 Å². The van der Waals surface area contributed by atoms with Crippen LogP contribution in [0, 0.1) is 0 Å². The molecule has 10 heteroatoms. The lowest BCUT2D eigenvalue weighted by molar-refractivity contribution is -0.126. The fourth-order valence-electron chi connectivity index (χ4n) is 3.14. The largest absolute Gasteiger partial charge is 0.370 e. The van der Waals surface area contributed by atoms with Crippen LogP contribution < -0.4 is 16.0 Å². The quantitative estimate of drug-likeness (QED) is 0.688. The maximum Gasteiger partial charge on any atom is 0.250 e. The molecule has 0 radical (unpaired) electrons. The van der Waals surface area contributed by atoms with Crippen LogP contribution in [-0.2, 0) is 27.9 Å². The number of rotatable bonds is 6. The lowest BCUT2D eigenvalue weighted by atomic mass is 9.96. The summed E-state index contributed by atoms with van der Waals surface area (Å²) in [5.41, 5.74) is 5.42. The van der Waals surface area contributed by atoms with E-state index in [-0.39, 0.29) is 18.2 Å². The fourth-order valence-corrected chi connectivity index (χ4v) is 4.01. The van der Waals surface area contributed by atoms with E-state index >= 15 is 0 Å². The number of nitrogens with two attached hydrogens (primary N) is 1. The van der Waals surface area contributed by atoms with Crippen molar-refractivity contribution in [1.29, 1.82) is 0 Å². The number of benzene rings is 1. The van der Waals surface area contributed by atoms with E-state index in [0.29, 0.717) is 28.8 Å². The Morgan fingerprint density at radius 2 is 1.97 bits per heavy atom. The van der Waals surface area contributed by atoms with Gasteiger partial charge in [-0.15, -0.1) is 10.2 Å². The van der Waals surface area contributed by atoms with Crippen molar-refractivity contribution < 1.29 is 14.4 Å². The van der Waals surface area contributed by atoms with Crippen molar-refractivity contribution in [2.45, 2.75) is 49.6 Å². The van der Waals surface area contributed by atoms with E-state index in [0.717, 1.165) is 0 Å². The molecule has 1 aliphatic rings. The number of amides is 3. The minimum atomic E-state index is -1.03. The van der Waals surface area contributed by atoms with Gasteiger partial charge in [0.05, 0.1) is 16.6 Å². The Morgan fingerprint density at radius 3 is 2.66 bits per heavy atom. The summed E-state index contributed by atoms with van der Waals surface area (Å²) in [6.45, 7) is 5.21. The zero-order chi connectivity index (χ0) is 21.3. The Bertz CT molecular complexity index is 971. The van der Waals surface area contributed by atoms with Crippen molar-refractivity contribution in [1.82, 2.24) is 14.8 Å². The van der Waals surface area contributed by atoms with Crippen LogP contribution in [0.25, 0.3) is 0 Å². The Balaban J connectivity index is 1.83. The highest BCUT2D eigenvalue weighted by molar-refractivity contribution is 8.00. The Kier molecular flexibility index (Phi) is 5.65. The smallest absolute Gasteiger partial charge is 0.250 e. The predicted octanol–water partition coefficient (Wildman–Crippen LogP) is 1.48. The monoisotopic (exact) mass is 416 g/mol. The van der Waals surface area contributed by atoms with Crippen LogP contribution in [0.15, 0.2) is 29.4 Å². The molecular formula is C19H24N6O3S. The molecule has 0 unspecified atom stereocenters. The first-order valence-corrected chi connectivity index (χ1v) is 10.1. The highest BCUT2D eigenvalue weighted by Crippen LogP contribution is 2.38. The van der Waals surface area contributed by atoms with Gasteiger partial charge in [0, 0.05) is 19.9 Å². The van der Waals surface area contributed by atoms with Gasteiger partial charge in [0.25, 0.3) is 0 Å². The summed E-state index contributed by atoms with van der Waals surface area (Å²) < 4.78 is 1.75. The molecular weight excluding hydrogens is 392 g/mol. The number of nitrogens with zero attached hydrogens (tertiary/aromatic N) is 4. The molecule has 0 saturated carbocycles. The number of anilines is 2. The number of thioether (sulfide) groups is 1. The average molecular weight is 417 g/mol. The lowest BCUT2D eigenvalue weighted by Gasteiger charge is -2.43. The molecule has 0 saturated heterocycles. The van der Waals surface area contributed by atoms with E-state index in [9.17, 15) is 14.4 Å². The van der Waals surface area contributed by atoms with Gasteiger partial charge < -0.3 is 15.6 Å². The maximum atomic E-state index is 13.4. The number of aryl methyl sites for hydroxylation is 1. The van der Waals surface area contributed by atoms with Crippen LogP contribution in [-0.4, -0.2) is 43.3 Å². The predicted molar refractivity (Wildman–Crippen MR) is 110 cm³/mol. The number of carbonyl (C=O) groups is 3. The van der Waals surface area contributed by atoms with Crippen LogP contribution in [0.5, 0.6) is 0 Å². The van der Waals surface area contributed by atoms with Crippen molar-refractivity contribution in [2.75, 3.05) is 10.2 Å². The second kappa shape index (κ2) is 7.86. The first kappa shape index (κ1) is 20.8. The van der Waals surface area contributed by atoms with Gasteiger partial charge >= 0.3 is 0 Å². The minimum Gasteiger partial charge on any atom is -0.370 e. The van der Waals surface area contributed by atoms with Crippen LogP contribution in [0.4, 0.5) is 11.4 Å². The molecule has 2 aromatic rings. The molecule has 29 heavy (non-hydrogen) atoms. The minimum absolute atomic E-state index is 0.180. The number of primary amides is 1. The van der Waals surface area contributed by atoms with Gasteiger partial charge in [0.2, 0.25) is 17.7 Å². The van der Waals surface area contributed by atoms with Gasteiger partial charge in [0.15, 0.2) is 5.16 Å². The van der Waals surface area contributed by atoms with Gasteiger partial charge in [0.1, 0.15) is 11.4 Å². The van der Waals surface area contributed by atoms with Crippen molar-refractivity contribution in [3.63, 3.8) is 0 Å². The lowest BCUT2D eigenvalue weighted by Crippen LogP contribution is -2.60. The zero-order valence-electron chi connectivity index (χ0n) is 16.8. The van der Waals surface area contributed by atoms with Gasteiger partial charge in [-0.2, -0.15) is 0 Å². The molecule has 0 aliphatic carbocycles. The van der Waals surface area contributed by atoms with E-state index in [2.05, 4.69) is 15.5 Å². The average Bonchev–Trinajstić information content (AvgIpc) is 3.00. The number of nitrogens with one attached hydrogen (secondary N) is 1. The molecule has 3 N–H and O–H groups in total. The zero-order valence-corrected chi connectivity index (χ0v) is 17.6. The molecule has 2 heterocycles. The normalized spacial score (nSPS) is 16.1. The van der Waals surface area contributed by atoms with E-state index < -0.39 is 16.7 Å². The molecule has 3 amide bonds. The molecule has 1 aliphatic heterocycles. The molecule has 1 aromatic carbocycles. The Labute approximate surface area is 173 Å². The van der Waals surface area contributed by atoms with E-state index in [1.807, 2.05) is 18.2 Å². The van der Waals surface area contributed by atoms with E-state index in [1.165, 1.54) is 11.8 Å². The first-order valence-electron chi connectivity index (χ1n) is 9.20. The second-order valence-corrected chi connectivity index (χ2v) is 8.70. The van der Waals surface area contributed by atoms with Crippen LogP contribution in [0.2, 0.25) is 0 Å². The van der Waals surface area contributed by atoms with Gasteiger partial charge in [-0.25, -0.2) is 0 Å². The number of carbonyl (C=O) groups excluding carboxylic acids is 3. The van der Waals surface area contributed by atoms with E-state index in [4.69, 9.17) is 5.73 Å². The molecule has 0 spiro atoms. The number of hydrogen-bond acceptors (Lipinski definition) is 6. The summed E-state index contributed by atoms with van der Waals surface area (Å²) in [7, 11) is 1.78. The molecule has 154 valence electrons. The summed E-state index contributed by atoms with van der Waals surface area (Å²) >= 11 is 1.25. The Morgan fingerprint density at radius 1 is 1.28 bits per heavy atom. The maximum absolute atomic E-state index is 13.4. The standard InChI is InChI=1S/C19H24N6O3S/c1-11(29-18-23-22-15(24(18)4)10-9-14(20)26)16(27)25-13-8-6-5-7-12(13)21-17(28)19(25,2)3/h5-8,11H,9-10H2,1-4H3,(H2,20,26)(H,21,28)/t11-/m1/s1.